The van der Waals surface area contributed by atoms with Crippen molar-refractivity contribution >= 4 is 89.8 Å². The fourth-order valence-electron chi connectivity index (χ4n) is 6.43. The van der Waals surface area contributed by atoms with E-state index in [1.165, 1.54) is 79.2 Å². The Morgan fingerprint density at radius 3 is 1.12 bits per heavy atom. The second kappa shape index (κ2) is 54.3. The van der Waals surface area contributed by atoms with Gasteiger partial charge >= 0.3 is 83.5 Å². The predicted molar refractivity (Wildman–Crippen MR) is 359 cm³/mol. The fourth-order valence-corrected chi connectivity index (χ4v) is 6.43. The van der Waals surface area contributed by atoms with Gasteiger partial charge in [0.25, 0.3) is 0 Å². The van der Waals surface area contributed by atoms with Crippen LogP contribution in [0.3, 0.4) is 0 Å². The number of esters is 7. The van der Waals surface area contributed by atoms with Gasteiger partial charge < -0.3 is 86.8 Å². The van der Waals surface area contributed by atoms with Crippen molar-refractivity contribution in [1.29, 1.82) is 16.2 Å². The standard InChI is InChI=1S/C20H25N3O6.C17H16N2O6.C13H14O5.C7H6N4O.C4H11N5.C4H8O.2ClH.Na/c1-23(2)17(22)10-16(21)11-20(26)29-13-15-6-4-14(5-7-15)12-28-19(25)9-8-18(24)27-3;1-23-15(20)6-7-16(21)24-10-13-2-4-14(5-3-13)11-25-17(22)19-9-8-18-12-19;1-17-12(15)6-7-13(16)18-9-11-4-2-10(8-14)3-5-11;12-7(10-3-1-8-5-10)11-4-2-9-6-11;1-9(2)4(7)8-3(5)6;1-2-4-5-3-1;;;/h4-9,21-22H,10-13H2,1-3H3;2-9,12H,10-11H2,1H3;2-7,14H,8-9H2,1H3;1-6H;1-2H3,(H5,5,6,7,8);1-4H2;2*1H;/q;;;;;;;;+1/p-1/b9-8+,21-16?,22-17?;2*7-6+;;;;;;. The molecule has 36 heteroatoms. The molecule has 0 atom stereocenters. The van der Waals surface area contributed by atoms with Crippen LogP contribution in [0.5, 0.6) is 0 Å². The van der Waals surface area contributed by atoms with Crippen LogP contribution in [0.2, 0.25) is 0 Å². The first-order valence-electron chi connectivity index (χ1n) is 29.0. The number of aliphatic imine (C=N–C) groups is 1. The van der Waals surface area contributed by atoms with Crippen LogP contribution >= 0.6 is 12.4 Å². The summed E-state index contributed by atoms with van der Waals surface area (Å²) in [6.07, 6.45) is 21.4. The summed E-state index contributed by atoms with van der Waals surface area (Å²) >= 11 is 0. The molecule has 0 bridgehead atoms. The van der Waals surface area contributed by atoms with E-state index in [-0.39, 0.29) is 136 Å². The molecule has 0 spiro atoms. The maximum atomic E-state index is 11.8. The number of nitrogens with zero attached hydrogens (tertiary/aromatic N) is 9. The molecule has 33 nitrogen and oxygen atoms in total. The zero-order valence-corrected chi connectivity index (χ0v) is 60.4. The first-order chi connectivity index (χ1) is 46.9. The number of guanidine groups is 2. The number of rotatable bonds is 21. The van der Waals surface area contributed by atoms with Crippen LogP contribution in [-0.4, -0.2) is 184 Å². The Labute approximate surface area is 617 Å². The monoisotopic (exact) mass is 1450 g/mol. The normalized spacial score (nSPS) is 10.8. The van der Waals surface area contributed by atoms with E-state index in [4.69, 9.17) is 61.2 Å². The number of benzene rings is 3. The number of methoxy groups -OCH3 is 3. The van der Waals surface area contributed by atoms with Crippen molar-refractivity contribution < 1.29 is 133 Å². The molecule has 0 radical (unpaired) electrons. The fraction of sp³-hybridized carbons (Fsp3) is 0.292. The number of halogens is 2. The van der Waals surface area contributed by atoms with Crippen LogP contribution in [0.15, 0.2) is 170 Å². The summed E-state index contributed by atoms with van der Waals surface area (Å²) < 4.78 is 47.1. The first kappa shape index (κ1) is 92.4. The Morgan fingerprint density at radius 1 is 0.515 bits per heavy atom. The number of amidine groups is 1. The average molecular weight is 1460 g/mol. The van der Waals surface area contributed by atoms with E-state index in [9.17, 15) is 43.2 Å². The minimum Gasteiger partial charge on any atom is -1.00 e. The topological polar surface area (TPSA) is 453 Å². The largest absolute Gasteiger partial charge is 1.00 e. The zero-order chi connectivity index (χ0) is 72.6. The summed E-state index contributed by atoms with van der Waals surface area (Å²) in [5.74, 6) is -4.15. The maximum absolute atomic E-state index is 11.8. The van der Waals surface area contributed by atoms with Gasteiger partial charge in [0.15, 0.2) is 5.96 Å². The Morgan fingerprint density at radius 2 is 0.842 bits per heavy atom. The summed E-state index contributed by atoms with van der Waals surface area (Å²) in [4.78, 5) is 119. The third-order valence-electron chi connectivity index (χ3n) is 11.8. The molecule has 0 unspecified atom stereocenters. The van der Waals surface area contributed by atoms with E-state index in [1.54, 1.807) is 136 Å². The predicted octanol–water partition coefficient (Wildman–Crippen LogP) is -0.788. The Hall–Kier alpha value is -10.7. The molecule has 6 aromatic rings. The molecule has 0 amide bonds. The van der Waals surface area contributed by atoms with E-state index in [1.807, 2.05) is 0 Å². The molecule has 0 saturated carbocycles. The molecule has 3 aromatic carbocycles. The third kappa shape index (κ3) is 43.4. The summed E-state index contributed by atoms with van der Waals surface area (Å²) in [7, 11) is 10.5. The second-order valence-corrected chi connectivity index (χ2v) is 19.8. The van der Waals surface area contributed by atoms with Gasteiger partial charge in [-0.2, -0.15) is 4.99 Å². The molecule has 0 aliphatic carbocycles. The van der Waals surface area contributed by atoms with Crippen molar-refractivity contribution in [1.82, 2.24) is 38.5 Å². The molecule has 8 N–H and O–H groups in total. The van der Waals surface area contributed by atoms with Gasteiger partial charge in [0, 0.05) is 127 Å². The quantitative estimate of drug-likeness (QED) is 0.0128. The summed E-state index contributed by atoms with van der Waals surface area (Å²) in [5.41, 5.74) is 14.9. The van der Waals surface area contributed by atoms with Crippen molar-refractivity contribution in [2.45, 2.75) is 65.3 Å². The maximum Gasteiger partial charge on any atom is 1.00 e. The summed E-state index contributed by atoms with van der Waals surface area (Å²) in [6.45, 7) is 2.33. The van der Waals surface area contributed by atoms with Gasteiger partial charge in [-0.15, -0.1) is 12.4 Å². The van der Waals surface area contributed by atoms with Crippen LogP contribution < -0.4 is 53.4 Å². The van der Waals surface area contributed by atoms with E-state index in [2.05, 4.69) is 34.2 Å². The van der Waals surface area contributed by atoms with Crippen LogP contribution in [0.1, 0.15) is 59.1 Å². The van der Waals surface area contributed by atoms with E-state index in [0.717, 1.165) is 83.1 Å². The van der Waals surface area contributed by atoms with Gasteiger partial charge in [0.1, 0.15) is 57.9 Å². The van der Waals surface area contributed by atoms with Crippen molar-refractivity contribution in [3.05, 3.63) is 199 Å². The Balaban J connectivity index is 0. The van der Waals surface area contributed by atoms with Crippen LogP contribution in [0.25, 0.3) is 0 Å². The zero-order valence-electron chi connectivity index (χ0n) is 56.8. The number of carbonyl (C=O) groups is 9. The van der Waals surface area contributed by atoms with Gasteiger partial charge in [-0.25, -0.2) is 57.9 Å². The number of aliphatic hydroxyl groups is 1. The molecule has 7 rings (SSSR count). The number of aliphatic hydroxyl groups excluding tert-OH is 1. The van der Waals surface area contributed by atoms with Gasteiger partial charge in [-0.3, -0.25) is 24.7 Å². The minimum absolute atomic E-state index is 0. The molecule has 101 heavy (non-hydrogen) atoms. The number of imidazole rings is 3. The number of hydrogen-bond acceptors (Lipinski definition) is 25. The molecular formula is C65H81Cl2N14NaO19. The van der Waals surface area contributed by atoms with Crippen LogP contribution in [0.4, 0.5) is 9.59 Å². The Bertz CT molecular complexity index is 3560. The van der Waals surface area contributed by atoms with Crippen molar-refractivity contribution in [3.8, 4) is 0 Å². The average Bonchev–Trinajstić information content (AvgIpc) is 1.76. The molecule has 4 heterocycles. The van der Waals surface area contributed by atoms with Gasteiger partial charge in [0.2, 0.25) is 5.96 Å². The number of aromatic nitrogens is 6. The molecule has 1 aliphatic heterocycles. The number of hydrogen-bond donors (Lipinski definition) is 6. The smallest absolute Gasteiger partial charge is 1.00 e. The second-order valence-electron chi connectivity index (χ2n) is 19.8. The number of carbonyl (C=O) groups excluding carboxylic acids is 9. The molecular weight excluding hydrogens is 1370 g/mol. The van der Waals surface area contributed by atoms with Crippen molar-refractivity contribution in [2.24, 2.45) is 16.5 Å². The number of ether oxygens (including phenoxy) is 9. The number of nitrogens with one attached hydrogen (secondary N) is 3. The van der Waals surface area contributed by atoms with E-state index >= 15 is 0 Å². The van der Waals surface area contributed by atoms with Gasteiger partial charge in [-0.05, 0) is 46.2 Å². The molecule has 1 aliphatic rings. The first-order valence-corrected chi connectivity index (χ1v) is 29.0. The minimum atomic E-state index is -0.668. The van der Waals surface area contributed by atoms with Gasteiger partial charge in [0.05, 0.1) is 34.4 Å². The van der Waals surface area contributed by atoms with Crippen LogP contribution in [-0.2, 0) is 116 Å². The Kier molecular flexibility index (Phi) is 49.6. The summed E-state index contributed by atoms with van der Waals surface area (Å²) in [6, 6.07) is 20.7. The van der Waals surface area contributed by atoms with Crippen LogP contribution in [0, 0.1) is 16.2 Å². The molecule has 540 valence electrons. The van der Waals surface area contributed by atoms with E-state index in [0.29, 0.717) is 0 Å². The molecule has 1 saturated heterocycles. The third-order valence-corrected chi connectivity index (χ3v) is 11.8. The summed E-state index contributed by atoms with van der Waals surface area (Å²) in [5, 5.41) is 31.0. The van der Waals surface area contributed by atoms with Crippen molar-refractivity contribution in [3.63, 3.8) is 0 Å². The SMILES string of the molecule is C1CCOC1.CN(C)C(N)=NC(=N)N.COC(=O)/C=C/C(=O)OCc1ccc(CO)cc1.COC(=O)/C=C/C(=O)OCc1ccc(COC(=O)CC(=N)CC(=N)N(C)C)cc1.COC(=O)/C=C/C(=O)OCc1ccc(COC(=O)n2ccnc2)cc1.Cl.O=C(n1ccnc1)n1ccnc1.[Cl-].[Na+]. The molecule has 1 fully saturated rings. The van der Waals surface area contributed by atoms with Crippen molar-refractivity contribution in [2.75, 3.05) is 62.7 Å². The van der Waals surface area contributed by atoms with Gasteiger partial charge in [-0.1, -0.05) is 72.8 Å². The van der Waals surface area contributed by atoms with E-state index < -0.39 is 47.9 Å². The molecule has 3 aromatic heterocycles. The number of nitrogens with two attached hydrogens (primary N) is 2.